The second kappa shape index (κ2) is 6.39. The summed E-state index contributed by atoms with van der Waals surface area (Å²) in [6.07, 6.45) is 0. The molecule has 0 unspecified atom stereocenters. The van der Waals surface area contributed by atoms with Crippen LogP contribution in [0.4, 0.5) is 5.69 Å². The predicted molar refractivity (Wildman–Crippen MR) is 84.2 cm³/mol. The minimum absolute atomic E-state index is 0.257. The number of anilines is 1. The SMILES string of the molecule is CNS(=O)(=O)c1ccc(NCc2cccc(Br)c2)cc1. The Labute approximate surface area is 127 Å². The number of benzene rings is 2. The Morgan fingerprint density at radius 3 is 2.40 bits per heavy atom. The average Bonchev–Trinajstić information content (AvgIpc) is 2.46. The Balaban J connectivity index is 2.05. The molecule has 0 heterocycles. The van der Waals surface area contributed by atoms with Crippen LogP contribution in [0.5, 0.6) is 0 Å². The van der Waals surface area contributed by atoms with E-state index in [9.17, 15) is 8.42 Å². The maximum Gasteiger partial charge on any atom is 0.240 e. The van der Waals surface area contributed by atoms with E-state index in [1.807, 2.05) is 24.3 Å². The lowest BCUT2D eigenvalue weighted by Gasteiger charge is -2.08. The summed E-state index contributed by atoms with van der Waals surface area (Å²) in [7, 11) is -1.97. The molecule has 0 saturated heterocycles. The highest BCUT2D eigenvalue weighted by Crippen LogP contribution is 2.16. The van der Waals surface area contributed by atoms with Crippen molar-refractivity contribution in [3.8, 4) is 0 Å². The highest BCUT2D eigenvalue weighted by molar-refractivity contribution is 9.10. The largest absolute Gasteiger partial charge is 0.381 e. The third-order valence-corrected chi connectivity index (χ3v) is 4.74. The predicted octanol–water partition coefficient (Wildman–Crippen LogP) is 2.97. The zero-order valence-electron chi connectivity index (χ0n) is 10.9. The van der Waals surface area contributed by atoms with Gasteiger partial charge in [0.1, 0.15) is 0 Å². The molecule has 0 aliphatic heterocycles. The summed E-state index contributed by atoms with van der Waals surface area (Å²) in [6.45, 7) is 0.678. The molecule has 4 nitrogen and oxygen atoms in total. The molecule has 0 saturated carbocycles. The van der Waals surface area contributed by atoms with Gasteiger partial charge in [-0.2, -0.15) is 0 Å². The number of rotatable bonds is 5. The van der Waals surface area contributed by atoms with Crippen LogP contribution in [-0.2, 0) is 16.6 Å². The maximum atomic E-state index is 11.6. The van der Waals surface area contributed by atoms with Gasteiger partial charge in [-0.05, 0) is 49.0 Å². The molecule has 0 spiro atoms. The summed E-state index contributed by atoms with van der Waals surface area (Å²) in [6, 6.07) is 14.7. The summed E-state index contributed by atoms with van der Waals surface area (Å²) in [5.74, 6) is 0. The number of nitrogens with one attached hydrogen (secondary N) is 2. The second-order valence-corrected chi connectivity index (χ2v) is 7.02. The molecule has 0 aliphatic carbocycles. The van der Waals surface area contributed by atoms with Crippen molar-refractivity contribution in [2.45, 2.75) is 11.4 Å². The van der Waals surface area contributed by atoms with E-state index < -0.39 is 10.0 Å². The van der Waals surface area contributed by atoms with E-state index in [1.54, 1.807) is 24.3 Å². The number of hydrogen-bond donors (Lipinski definition) is 2. The molecule has 0 bridgehead atoms. The molecule has 0 aliphatic rings. The van der Waals surface area contributed by atoms with Crippen LogP contribution in [0.25, 0.3) is 0 Å². The first kappa shape index (κ1) is 15.0. The summed E-state index contributed by atoms with van der Waals surface area (Å²) in [4.78, 5) is 0.257. The van der Waals surface area contributed by atoms with E-state index in [0.29, 0.717) is 6.54 Å². The van der Waals surface area contributed by atoms with Gasteiger partial charge in [-0.3, -0.25) is 0 Å². The van der Waals surface area contributed by atoms with E-state index in [2.05, 4.69) is 26.0 Å². The molecule has 0 aromatic heterocycles. The monoisotopic (exact) mass is 354 g/mol. The van der Waals surface area contributed by atoms with Crippen molar-refractivity contribution in [1.82, 2.24) is 4.72 Å². The minimum Gasteiger partial charge on any atom is -0.381 e. The van der Waals surface area contributed by atoms with Gasteiger partial charge in [0.15, 0.2) is 0 Å². The molecule has 2 aromatic carbocycles. The Morgan fingerprint density at radius 1 is 1.10 bits per heavy atom. The van der Waals surface area contributed by atoms with Crippen LogP contribution in [-0.4, -0.2) is 15.5 Å². The molecule has 6 heteroatoms. The van der Waals surface area contributed by atoms with E-state index in [-0.39, 0.29) is 4.90 Å². The van der Waals surface area contributed by atoms with Crippen LogP contribution in [0.15, 0.2) is 57.9 Å². The zero-order chi connectivity index (χ0) is 14.6. The van der Waals surface area contributed by atoms with Crippen molar-refractivity contribution in [1.29, 1.82) is 0 Å². The lowest BCUT2D eigenvalue weighted by Crippen LogP contribution is -2.18. The number of sulfonamides is 1. The van der Waals surface area contributed by atoms with Gasteiger partial charge in [-0.1, -0.05) is 28.1 Å². The lowest BCUT2D eigenvalue weighted by molar-refractivity contribution is 0.588. The van der Waals surface area contributed by atoms with Crippen molar-refractivity contribution < 1.29 is 8.42 Å². The van der Waals surface area contributed by atoms with Gasteiger partial charge in [0.2, 0.25) is 10.0 Å². The van der Waals surface area contributed by atoms with Gasteiger partial charge in [0.05, 0.1) is 4.90 Å². The van der Waals surface area contributed by atoms with Crippen molar-refractivity contribution in [2.75, 3.05) is 12.4 Å². The molecule has 0 amide bonds. The van der Waals surface area contributed by atoms with E-state index in [0.717, 1.165) is 15.7 Å². The smallest absolute Gasteiger partial charge is 0.240 e. The topological polar surface area (TPSA) is 58.2 Å². The van der Waals surface area contributed by atoms with Crippen LogP contribution < -0.4 is 10.0 Å². The minimum atomic E-state index is -3.37. The van der Waals surface area contributed by atoms with Crippen molar-refractivity contribution >= 4 is 31.6 Å². The van der Waals surface area contributed by atoms with E-state index in [1.165, 1.54) is 7.05 Å². The standard InChI is InChI=1S/C14H15BrN2O2S/c1-16-20(18,19)14-7-5-13(6-8-14)17-10-11-3-2-4-12(15)9-11/h2-9,16-17H,10H2,1H3. The number of hydrogen-bond acceptors (Lipinski definition) is 3. The first-order chi connectivity index (χ1) is 9.51. The fraction of sp³-hybridized carbons (Fsp3) is 0.143. The summed E-state index contributed by atoms with van der Waals surface area (Å²) >= 11 is 3.43. The van der Waals surface area contributed by atoms with Crippen LogP contribution in [0, 0.1) is 0 Å². The summed E-state index contributed by atoms with van der Waals surface area (Å²) in [5, 5.41) is 3.25. The normalized spacial score (nSPS) is 11.3. The van der Waals surface area contributed by atoms with Crippen LogP contribution in [0.2, 0.25) is 0 Å². The first-order valence-electron chi connectivity index (χ1n) is 6.03. The second-order valence-electron chi connectivity index (χ2n) is 4.22. The average molecular weight is 355 g/mol. The van der Waals surface area contributed by atoms with Gasteiger partial charge in [0, 0.05) is 16.7 Å². The molecule has 2 aromatic rings. The van der Waals surface area contributed by atoms with Crippen LogP contribution in [0.1, 0.15) is 5.56 Å². The van der Waals surface area contributed by atoms with Gasteiger partial charge in [0.25, 0.3) is 0 Å². The molecular formula is C14H15BrN2O2S. The lowest BCUT2D eigenvalue weighted by atomic mass is 10.2. The fourth-order valence-electron chi connectivity index (χ4n) is 1.72. The highest BCUT2D eigenvalue weighted by atomic mass is 79.9. The third kappa shape index (κ3) is 3.82. The van der Waals surface area contributed by atoms with Crippen LogP contribution >= 0.6 is 15.9 Å². The zero-order valence-corrected chi connectivity index (χ0v) is 13.3. The van der Waals surface area contributed by atoms with Gasteiger partial charge in [-0.15, -0.1) is 0 Å². The number of halogens is 1. The molecule has 0 radical (unpaired) electrons. The Kier molecular flexibility index (Phi) is 4.80. The molecule has 2 rings (SSSR count). The fourth-order valence-corrected chi connectivity index (χ4v) is 2.90. The van der Waals surface area contributed by atoms with E-state index >= 15 is 0 Å². The Morgan fingerprint density at radius 2 is 1.80 bits per heavy atom. The van der Waals surface area contributed by atoms with Crippen molar-refractivity contribution in [3.05, 3.63) is 58.6 Å². The summed E-state index contributed by atoms with van der Waals surface area (Å²) < 4.78 is 26.5. The van der Waals surface area contributed by atoms with Crippen molar-refractivity contribution in [3.63, 3.8) is 0 Å². The van der Waals surface area contributed by atoms with Crippen molar-refractivity contribution in [2.24, 2.45) is 0 Å². The van der Waals surface area contributed by atoms with E-state index in [4.69, 9.17) is 0 Å². The van der Waals surface area contributed by atoms with Gasteiger partial charge in [-0.25, -0.2) is 13.1 Å². The summed E-state index contributed by atoms with van der Waals surface area (Å²) in [5.41, 5.74) is 2.02. The molecule has 0 fully saturated rings. The first-order valence-corrected chi connectivity index (χ1v) is 8.31. The van der Waals surface area contributed by atoms with Crippen LogP contribution in [0.3, 0.4) is 0 Å². The third-order valence-electron chi connectivity index (χ3n) is 2.82. The van der Waals surface area contributed by atoms with Gasteiger partial charge >= 0.3 is 0 Å². The molecule has 20 heavy (non-hydrogen) atoms. The molecule has 106 valence electrons. The Hall–Kier alpha value is -1.37. The highest BCUT2D eigenvalue weighted by Gasteiger charge is 2.10. The molecular weight excluding hydrogens is 340 g/mol. The quantitative estimate of drug-likeness (QED) is 0.867. The maximum absolute atomic E-state index is 11.6. The van der Waals surface area contributed by atoms with Gasteiger partial charge < -0.3 is 5.32 Å². The molecule has 2 N–H and O–H groups in total. The Bertz CT molecular complexity index is 685. The molecule has 0 atom stereocenters.